The molecule has 0 aliphatic rings. The third kappa shape index (κ3) is 3.19. The largest absolute Gasteiger partial charge is 0.491 e. The van der Waals surface area contributed by atoms with E-state index in [4.69, 9.17) is 16.9 Å². The van der Waals surface area contributed by atoms with E-state index in [2.05, 4.69) is 10.9 Å². The summed E-state index contributed by atoms with van der Waals surface area (Å²) in [6.07, 6.45) is 6.32. The van der Waals surface area contributed by atoms with Crippen molar-refractivity contribution in [3.05, 3.63) is 30.1 Å². The van der Waals surface area contributed by atoms with E-state index in [1.165, 1.54) is 0 Å². The van der Waals surface area contributed by atoms with Crippen molar-refractivity contribution in [3.8, 4) is 29.4 Å². The summed E-state index contributed by atoms with van der Waals surface area (Å²) in [5.74, 6) is 4.93. The van der Waals surface area contributed by atoms with Gasteiger partial charge in [0.1, 0.15) is 23.1 Å². The Morgan fingerprint density at radius 2 is 2.19 bits per heavy atom. The molecular formula is C17H21N3O. The minimum atomic E-state index is 0.128. The van der Waals surface area contributed by atoms with Gasteiger partial charge in [0, 0.05) is 12.0 Å². The monoisotopic (exact) mass is 283 g/mol. The number of rotatable bonds is 5. The summed E-state index contributed by atoms with van der Waals surface area (Å²) in [5, 5.41) is 0. The van der Waals surface area contributed by atoms with Gasteiger partial charge >= 0.3 is 0 Å². The summed E-state index contributed by atoms with van der Waals surface area (Å²) >= 11 is 0. The van der Waals surface area contributed by atoms with Crippen LogP contribution in [0.1, 0.15) is 26.6 Å². The van der Waals surface area contributed by atoms with Crippen LogP contribution in [0.2, 0.25) is 0 Å². The second-order valence-electron chi connectivity index (χ2n) is 5.10. The molecule has 1 aromatic heterocycles. The first-order valence-electron chi connectivity index (χ1n) is 7.12. The van der Waals surface area contributed by atoms with E-state index >= 15 is 0 Å². The van der Waals surface area contributed by atoms with Gasteiger partial charge in [-0.2, -0.15) is 0 Å². The van der Waals surface area contributed by atoms with Crippen molar-refractivity contribution in [2.45, 2.75) is 39.8 Å². The molecule has 0 amide bonds. The molecule has 0 radical (unpaired) electrons. The number of nitrogen functional groups attached to an aromatic ring is 1. The highest BCUT2D eigenvalue weighted by molar-refractivity contribution is 5.72. The fourth-order valence-corrected chi connectivity index (χ4v) is 2.25. The number of anilines is 1. The van der Waals surface area contributed by atoms with Crippen LogP contribution in [-0.2, 0) is 13.0 Å². The third-order valence-electron chi connectivity index (χ3n) is 3.13. The van der Waals surface area contributed by atoms with Crippen LogP contribution < -0.4 is 10.5 Å². The summed E-state index contributed by atoms with van der Waals surface area (Å²) in [6, 6.07) is 7.81. The van der Waals surface area contributed by atoms with E-state index < -0.39 is 0 Å². The molecule has 0 fully saturated rings. The maximum atomic E-state index is 6.21. The van der Waals surface area contributed by atoms with E-state index in [1.54, 1.807) is 0 Å². The van der Waals surface area contributed by atoms with Crippen LogP contribution in [0, 0.1) is 12.3 Å². The zero-order valence-electron chi connectivity index (χ0n) is 12.8. The Hall–Kier alpha value is -2.41. The second kappa shape index (κ2) is 6.36. The summed E-state index contributed by atoms with van der Waals surface area (Å²) in [4.78, 5) is 4.62. The van der Waals surface area contributed by atoms with Gasteiger partial charge in [-0.15, -0.1) is 6.42 Å². The van der Waals surface area contributed by atoms with E-state index in [1.807, 2.05) is 49.6 Å². The average Bonchev–Trinajstić information content (AvgIpc) is 2.76. The first kappa shape index (κ1) is 15.0. The molecule has 2 N–H and O–H groups in total. The SMILES string of the molecule is C#CCn1c(CC)nc(-c2cccc(OC(C)C)c2)c1N. The van der Waals surface area contributed by atoms with Crippen molar-refractivity contribution >= 4 is 5.82 Å². The molecule has 0 aliphatic heterocycles. The average molecular weight is 283 g/mol. The van der Waals surface area contributed by atoms with Crippen LogP contribution in [0.3, 0.4) is 0 Å². The fourth-order valence-electron chi connectivity index (χ4n) is 2.25. The molecule has 0 aliphatic carbocycles. The van der Waals surface area contributed by atoms with Crippen molar-refractivity contribution in [2.24, 2.45) is 0 Å². The standard InChI is InChI=1S/C17H21N3O/c1-5-10-20-15(6-2)19-16(17(20)18)13-8-7-9-14(11-13)21-12(3)4/h1,7-9,11-12H,6,10,18H2,2-4H3. The van der Waals surface area contributed by atoms with Gasteiger partial charge in [-0.3, -0.25) is 0 Å². The summed E-state index contributed by atoms with van der Waals surface area (Å²) in [6.45, 7) is 6.47. The van der Waals surface area contributed by atoms with Gasteiger partial charge in [-0.25, -0.2) is 4.98 Å². The predicted octanol–water partition coefficient (Wildman–Crippen LogP) is 3.12. The molecule has 2 rings (SSSR count). The highest BCUT2D eigenvalue weighted by atomic mass is 16.5. The zero-order valence-corrected chi connectivity index (χ0v) is 12.8. The molecule has 4 nitrogen and oxygen atoms in total. The summed E-state index contributed by atoms with van der Waals surface area (Å²) in [7, 11) is 0. The van der Waals surface area contributed by atoms with Crippen LogP contribution in [0.5, 0.6) is 5.75 Å². The second-order valence-corrected chi connectivity index (χ2v) is 5.10. The molecule has 0 atom stereocenters. The molecule has 21 heavy (non-hydrogen) atoms. The van der Waals surface area contributed by atoms with Gasteiger partial charge in [-0.1, -0.05) is 25.0 Å². The maximum Gasteiger partial charge on any atom is 0.132 e. The van der Waals surface area contributed by atoms with Crippen molar-refractivity contribution in [1.82, 2.24) is 9.55 Å². The Kier molecular flexibility index (Phi) is 4.54. The number of aryl methyl sites for hydroxylation is 1. The number of ether oxygens (including phenoxy) is 1. The molecule has 0 bridgehead atoms. The van der Waals surface area contributed by atoms with Crippen molar-refractivity contribution in [3.63, 3.8) is 0 Å². The Bertz CT molecular complexity index is 665. The van der Waals surface area contributed by atoms with Crippen LogP contribution in [-0.4, -0.2) is 15.7 Å². The highest BCUT2D eigenvalue weighted by Gasteiger charge is 2.15. The highest BCUT2D eigenvalue weighted by Crippen LogP contribution is 2.29. The number of nitrogens with zero attached hydrogens (tertiary/aromatic N) is 2. The van der Waals surface area contributed by atoms with Gasteiger partial charge in [0.15, 0.2) is 0 Å². The maximum absolute atomic E-state index is 6.21. The Balaban J connectivity index is 2.45. The van der Waals surface area contributed by atoms with Gasteiger partial charge in [0.25, 0.3) is 0 Å². The van der Waals surface area contributed by atoms with Gasteiger partial charge < -0.3 is 15.0 Å². The first-order chi connectivity index (χ1) is 10.1. The molecule has 0 spiro atoms. The first-order valence-corrected chi connectivity index (χ1v) is 7.12. The number of aromatic nitrogens is 2. The quantitative estimate of drug-likeness (QED) is 0.858. The molecule has 0 saturated carbocycles. The lowest BCUT2D eigenvalue weighted by Crippen LogP contribution is -2.06. The van der Waals surface area contributed by atoms with Crippen molar-refractivity contribution < 1.29 is 4.74 Å². The minimum absolute atomic E-state index is 0.128. The predicted molar refractivity (Wildman–Crippen MR) is 86.1 cm³/mol. The van der Waals surface area contributed by atoms with Crippen LogP contribution >= 0.6 is 0 Å². The summed E-state index contributed by atoms with van der Waals surface area (Å²) < 4.78 is 7.60. The molecule has 4 heteroatoms. The number of terminal acetylenes is 1. The summed E-state index contributed by atoms with van der Waals surface area (Å²) in [5.41, 5.74) is 7.91. The normalized spacial score (nSPS) is 10.6. The molecule has 110 valence electrons. The lowest BCUT2D eigenvalue weighted by Gasteiger charge is -2.10. The van der Waals surface area contributed by atoms with E-state index in [0.717, 1.165) is 29.3 Å². The van der Waals surface area contributed by atoms with Crippen LogP contribution in [0.15, 0.2) is 24.3 Å². The number of benzene rings is 1. The van der Waals surface area contributed by atoms with E-state index in [-0.39, 0.29) is 6.10 Å². The smallest absolute Gasteiger partial charge is 0.132 e. The van der Waals surface area contributed by atoms with Crippen molar-refractivity contribution in [2.75, 3.05) is 5.73 Å². The Labute approximate surface area is 125 Å². The van der Waals surface area contributed by atoms with Crippen molar-refractivity contribution in [1.29, 1.82) is 0 Å². The number of hydrogen-bond acceptors (Lipinski definition) is 3. The van der Waals surface area contributed by atoms with Gasteiger partial charge in [0.2, 0.25) is 0 Å². The number of nitrogens with two attached hydrogens (primary N) is 1. The topological polar surface area (TPSA) is 53.1 Å². The fraction of sp³-hybridized carbons (Fsp3) is 0.353. The molecule has 1 heterocycles. The van der Waals surface area contributed by atoms with Gasteiger partial charge in [0.05, 0.1) is 12.6 Å². The third-order valence-corrected chi connectivity index (χ3v) is 3.13. The van der Waals surface area contributed by atoms with E-state index in [9.17, 15) is 0 Å². The number of hydrogen-bond donors (Lipinski definition) is 1. The lowest BCUT2D eigenvalue weighted by atomic mass is 10.1. The molecule has 1 aromatic carbocycles. The van der Waals surface area contributed by atoms with Crippen LogP contribution in [0.4, 0.5) is 5.82 Å². The van der Waals surface area contributed by atoms with Gasteiger partial charge in [-0.05, 0) is 26.0 Å². The molecule has 0 saturated heterocycles. The Morgan fingerprint density at radius 1 is 1.43 bits per heavy atom. The molecule has 2 aromatic rings. The lowest BCUT2D eigenvalue weighted by molar-refractivity contribution is 0.242. The van der Waals surface area contributed by atoms with Crippen LogP contribution in [0.25, 0.3) is 11.3 Å². The number of imidazole rings is 1. The molecule has 0 unspecified atom stereocenters. The molecular weight excluding hydrogens is 262 g/mol. The Morgan fingerprint density at radius 3 is 2.81 bits per heavy atom. The minimum Gasteiger partial charge on any atom is -0.491 e. The van der Waals surface area contributed by atoms with E-state index in [0.29, 0.717) is 12.4 Å². The zero-order chi connectivity index (χ0) is 15.4.